The minimum absolute atomic E-state index is 0.174. The summed E-state index contributed by atoms with van der Waals surface area (Å²) in [4.78, 5) is 28.2. The number of hydrogen-bond donors (Lipinski definition) is 2. The molecule has 0 unspecified atom stereocenters. The van der Waals surface area contributed by atoms with Crippen molar-refractivity contribution in [2.24, 2.45) is 0 Å². The summed E-state index contributed by atoms with van der Waals surface area (Å²) in [6.45, 7) is 5.61. The van der Waals surface area contributed by atoms with Crippen LogP contribution in [0.3, 0.4) is 0 Å². The van der Waals surface area contributed by atoms with Crippen LogP contribution in [-0.2, 0) is 0 Å². The number of aromatic nitrogens is 1. The Balaban J connectivity index is 2.97. The third-order valence-corrected chi connectivity index (χ3v) is 2.47. The average Bonchev–Trinajstić information content (AvgIpc) is 2.34. The predicted octanol–water partition coefficient (Wildman–Crippen LogP) is 1.01. The maximum absolute atomic E-state index is 12.2. The van der Waals surface area contributed by atoms with E-state index >= 15 is 0 Å². The molecule has 1 amide bonds. The number of aliphatic hydroxyl groups is 1. The molecular formula is C13H18N2O4. The van der Waals surface area contributed by atoms with Gasteiger partial charge in [-0.25, -0.2) is 9.78 Å². The van der Waals surface area contributed by atoms with Gasteiger partial charge in [0, 0.05) is 24.8 Å². The van der Waals surface area contributed by atoms with Gasteiger partial charge in [-0.3, -0.25) is 4.79 Å². The van der Waals surface area contributed by atoms with Crippen LogP contribution in [0.15, 0.2) is 18.3 Å². The largest absolute Gasteiger partial charge is 0.477 e. The second kappa shape index (κ2) is 5.79. The van der Waals surface area contributed by atoms with Gasteiger partial charge in [-0.15, -0.1) is 0 Å². The quantitative estimate of drug-likeness (QED) is 0.830. The van der Waals surface area contributed by atoms with Crippen molar-refractivity contribution in [1.82, 2.24) is 9.88 Å². The summed E-state index contributed by atoms with van der Waals surface area (Å²) < 4.78 is 0. The monoisotopic (exact) mass is 266 g/mol. The van der Waals surface area contributed by atoms with Gasteiger partial charge in [0.05, 0.1) is 5.60 Å². The molecule has 6 heteroatoms. The van der Waals surface area contributed by atoms with Crippen molar-refractivity contribution in [3.8, 4) is 0 Å². The number of carboxylic acids is 1. The van der Waals surface area contributed by atoms with Crippen LogP contribution >= 0.6 is 0 Å². The molecule has 0 aliphatic heterocycles. The lowest BCUT2D eigenvalue weighted by atomic mass is 10.1. The number of carbonyl (C=O) groups is 2. The molecule has 0 aliphatic rings. The van der Waals surface area contributed by atoms with Crippen LogP contribution in [0.4, 0.5) is 0 Å². The lowest BCUT2D eigenvalue weighted by Crippen LogP contribution is -2.42. The Morgan fingerprint density at radius 1 is 1.42 bits per heavy atom. The Morgan fingerprint density at radius 3 is 2.53 bits per heavy atom. The molecule has 104 valence electrons. The topological polar surface area (TPSA) is 90.7 Å². The smallest absolute Gasteiger partial charge is 0.354 e. The third kappa shape index (κ3) is 4.33. The van der Waals surface area contributed by atoms with E-state index in [0.717, 1.165) is 0 Å². The van der Waals surface area contributed by atoms with E-state index in [9.17, 15) is 14.7 Å². The minimum atomic E-state index is -1.18. The van der Waals surface area contributed by atoms with Crippen LogP contribution in [0.2, 0.25) is 0 Å². The summed E-state index contributed by atoms with van der Waals surface area (Å²) in [5.41, 5.74) is -0.933. The fourth-order valence-electron chi connectivity index (χ4n) is 1.66. The highest BCUT2D eigenvalue weighted by Crippen LogP contribution is 2.11. The van der Waals surface area contributed by atoms with E-state index < -0.39 is 11.6 Å². The summed E-state index contributed by atoms with van der Waals surface area (Å²) in [6.07, 6.45) is 1.29. The van der Waals surface area contributed by atoms with Gasteiger partial charge in [0.25, 0.3) is 5.91 Å². The Hall–Kier alpha value is -1.95. The van der Waals surface area contributed by atoms with Crippen molar-refractivity contribution < 1.29 is 19.8 Å². The van der Waals surface area contributed by atoms with Crippen LogP contribution in [0, 0.1) is 0 Å². The van der Waals surface area contributed by atoms with Gasteiger partial charge in [-0.2, -0.15) is 0 Å². The summed E-state index contributed by atoms with van der Waals surface area (Å²) in [6, 6.07) is 2.69. The van der Waals surface area contributed by atoms with Gasteiger partial charge in [0.1, 0.15) is 5.69 Å². The number of pyridine rings is 1. The number of carboxylic acid groups (broad SMARTS) is 1. The normalized spacial score (nSPS) is 11.2. The van der Waals surface area contributed by atoms with E-state index in [2.05, 4.69) is 4.98 Å². The van der Waals surface area contributed by atoms with Crippen molar-refractivity contribution >= 4 is 11.9 Å². The summed E-state index contributed by atoms with van der Waals surface area (Å²) in [7, 11) is 0. The lowest BCUT2D eigenvalue weighted by Gasteiger charge is -2.28. The van der Waals surface area contributed by atoms with Crippen LogP contribution in [0.5, 0.6) is 0 Å². The Bertz CT molecular complexity index is 480. The van der Waals surface area contributed by atoms with Crippen LogP contribution in [0.25, 0.3) is 0 Å². The predicted molar refractivity (Wildman–Crippen MR) is 69.1 cm³/mol. The van der Waals surface area contributed by atoms with E-state index in [1.54, 1.807) is 20.8 Å². The van der Waals surface area contributed by atoms with Crippen LogP contribution in [-0.4, -0.2) is 50.7 Å². The zero-order chi connectivity index (χ0) is 14.6. The maximum Gasteiger partial charge on any atom is 0.354 e. The number of carbonyl (C=O) groups excluding carboxylic acids is 1. The second-order valence-electron chi connectivity index (χ2n) is 4.87. The standard InChI is InChI=1S/C13H18N2O4/c1-4-15(8-13(2,3)19)11(16)9-5-6-14-10(7-9)12(17)18/h5-7,19H,4,8H2,1-3H3,(H,17,18). The van der Waals surface area contributed by atoms with E-state index in [0.29, 0.717) is 6.54 Å². The Morgan fingerprint density at radius 2 is 2.05 bits per heavy atom. The SMILES string of the molecule is CCN(CC(C)(C)O)C(=O)c1ccnc(C(=O)O)c1. The molecular weight excluding hydrogens is 248 g/mol. The number of rotatable bonds is 5. The van der Waals surface area contributed by atoms with Gasteiger partial charge in [-0.1, -0.05) is 0 Å². The van der Waals surface area contributed by atoms with Crippen LogP contribution < -0.4 is 0 Å². The highest BCUT2D eigenvalue weighted by Gasteiger charge is 2.22. The molecule has 1 heterocycles. The highest BCUT2D eigenvalue weighted by molar-refractivity contribution is 5.96. The number of likely N-dealkylation sites (N-methyl/N-ethyl adjacent to an activating group) is 1. The first-order valence-electron chi connectivity index (χ1n) is 5.95. The number of aromatic carboxylic acids is 1. The zero-order valence-corrected chi connectivity index (χ0v) is 11.3. The molecule has 0 saturated heterocycles. The molecule has 0 aliphatic carbocycles. The number of hydrogen-bond acceptors (Lipinski definition) is 4. The molecule has 0 aromatic carbocycles. The summed E-state index contributed by atoms with van der Waals surface area (Å²) in [5.74, 6) is -1.50. The maximum atomic E-state index is 12.2. The average molecular weight is 266 g/mol. The van der Waals surface area contributed by atoms with Crippen LogP contribution in [0.1, 0.15) is 41.6 Å². The second-order valence-corrected chi connectivity index (χ2v) is 4.87. The fraction of sp³-hybridized carbons (Fsp3) is 0.462. The van der Waals surface area contributed by atoms with Crippen molar-refractivity contribution in [2.45, 2.75) is 26.4 Å². The van der Waals surface area contributed by atoms with E-state index in [-0.39, 0.29) is 23.7 Å². The molecule has 2 N–H and O–H groups in total. The molecule has 0 atom stereocenters. The highest BCUT2D eigenvalue weighted by atomic mass is 16.4. The minimum Gasteiger partial charge on any atom is -0.477 e. The first-order valence-corrected chi connectivity index (χ1v) is 5.95. The van der Waals surface area contributed by atoms with Gasteiger partial charge >= 0.3 is 5.97 Å². The fourth-order valence-corrected chi connectivity index (χ4v) is 1.66. The van der Waals surface area contributed by atoms with E-state index in [1.165, 1.54) is 23.2 Å². The first-order chi connectivity index (χ1) is 8.74. The van der Waals surface area contributed by atoms with Crippen molar-refractivity contribution in [1.29, 1.82) is 0 Å². The van der Waals surface area contributed by atoms with Gasteiger partial charge < -0.3 is 15.1 Å². The van der Waals surface area contributed by atoms with Gasteiger partial charge in [-0.05, 0) is 32.9 Å². The Kier molecular flexibility index (Phi) is 4.61. The molecule has 1 aromatic rings. The molecule has 0 spiro atoms. The molecule has 0 radical (unpaired) electrons. The Labute approximate surface area is 111 Å². The molecule has 1 aromatic heterocycles. The summed E-state index contributed by atoms with van der Waals surface area (Å²) >= 11 is 0. The zero-order valence-electron chi connectivity index (χ0n) is 11.3. The number of nitrogens with zero attached hydrogens (tertiary/aromatic N) is 2. The molecule has 1 rings (SSSR count). The van der Waals surface area contributed by atoms with E-state index in [1.807, 2.05) is 0 Å². The number of amides is 1. The van der Waals surface area contributed by atoms with Gasteiger partial charge in [0.15, 0.2) is 0 Å². The molecule has 19 heavy (non-hydrogen) atoms. The third-order valence-electron chi connectivity index (χ3n) is 2.47. The molecule has 0 saturated carbocycles. The molecule has 6 nitrogen and oxygen atoms in total. The molecule has 0 bridgehead atoms. The first kappa shape index (κ1) is 15.1. The van der Waals surface area contributed by atoms with Crippen molar-refractivity contribution in [3.05, 3.63) is 29.6 Å². The molecule has 0 fully saturated rings. The van der Waals surface area contributed by atoms with Gasteiger partial charge in [0.2, 0.25) is 0 Å². The van der Waals surface area contributed by atoms with E-state index in [4.69, 9.17) is 5.11 Å². The van der Waals surface area contributed by atoms with Crippen molar-refractivity contribution in [3.63, 3.8) is 0 Å². The summed E-state index contributed by atoms with van der Waals surface area (Å²) in [5, 5.41) is 18.6. The lowest BCUT2D eigenvalue weighted by molar-refractivity contribution is 0.0314. The van der Waals surface area contributed by atoms with Crippen molar-refractivity contribution in [2.75, 3.05) is 13.1 Å².